The van der Waals surface area contributed by atoms with E-state index in [0.29, 0.717) is 12.1 Å². The lowest BCUT2D eigenvalue weighted by atomic mass is 9.68. The molecule has 2 aliphatic heterocycles. The van der Waals surface area contributed by atoms with Crippen LogP contribution in [0, 0.1) is 0 Å². The van der Waals surface area contributed by atoms with Gasteiger partial charge in [-0.3, -0.25) is 9.67 Å². The zero-order valence-electron chi connectivity index (χ0n) is 18.8. The lowest BCUT2D eigenvalue weighted by molar-refractivity contribution is -0.104. The van der Waals surface area contributed by atoms with Crippen molar-refractivity contribution in [3.63, 3.8) is 0 Å². The lowest BCUT2D eigenvalue weighted by Crippen LogP contribution is -2.47. The summed E-state index contributed by atoms with van der Waals surface area (Å²) in [6.45, 7) is 2.56. The van der Waals surface area contributed by atoms with E-state index in [4.69, 9.17) is 14.5 Å². The molecule has 3 aliphatic rings. The molecular weight excluding hydrogens is 388 g/mol. The number of hydrogen-bond acceptors (Lipinski definition) is 5. The van der Waals surface area contributed by atoms with Gasteiger partial charge in [0, 0.05) is 43.3 Å². The van der Waals surface area contributed by atoms with Gasteiger partial charge in [0.25, 0.3) is 0 Å². The Hall–Kier alpha value is -1.76. The van der Waals surface area contributed by atoms with E-state index in [9.17, 15) is 0 Å². The van der Waals surface area contributed by atoms with E-state index in [1.165, 1.54) is 37.1 Å². The molecule has 1 saturated heterocycles. The topological polar surface area (TPSA) is 61.2 Å². The van der Waals surface area contributed by atoms with E-state index in [2.05, 4.69) is 33.3 Å². The monoisotopic (exact) mass is 424 g/mol. The first-order valence-corrected chi connectivity index (χ1v) is 12.0. The number of ether oxygens (including phenoxy) is 2. The molecule has 2 aromatic rings. The number of hydrogen-bond donors (Lipinski definition) is 1. The van der Waals surface area contributed by atoms with Crippen molar-refractivity contribution in [2.75, 3.05) is 26.9 Å². The predicted molar refractivity (Wildman–Crippen MR) is 120 cm³/mol. The Kier molecular flexibility index (Phi) is 6.13. The molecule has 2 unspecified atom stereocenters. The highest BCUT2D eigenvalue weighted by Crippen LogP contribution is 2.49. The van der Waals surface area contributed by atoms with Crippen molar-refractivity contribution < 1.29 is 9.47 Å². The molecule has 6 nitrogen and oxygen atoms in total. The van der Waals surface area contributed by atoms with Crippen LogP contribution in [0.5, 0.6) is 0 Å². The number of rotatable bonds is 7. The van der Waals surface area contributed by atoms with Gasteiger partial charge in [0.15, 0.2) is 0 Å². The van der Waals surface area contributed by atoms with Crippen molar-refractivity contribution in [3.8, 4) is 0 Å². The number of methoxy groups -OCH3 is 1. The van der Waals surface area contributed by atoms with Crippen LogP contribution in [0.4, 0.5) is 0 Å². The third-order valence-electron chi connectivity index (χ3n) is 7.92. The van der Waals surface area contributed by atoms with E-state index in [1.54, 1.807) is 7.11 Å². The minimum absolute atomic E-state index is 0.0760. The highest BCUT2D eigenvalue weighted by atomic mass is 16.5. The van der Waals surface area contributed by atoms with Crippen LogP contribution in [-0.2, 0) is 14.9 Å². The Bertz CT molecular complexity index is 848. The molecule has 2 aromatic heterocycles. The first-order chi connectivity index (χ1) is 15.2. The zero-order chi connectivity index (χ0) is 21.2. The molecule has 1 aliphatic carbocycles. The Balaban J connectivity index is 1.30. The molecular formula is C25H36N4O2. The molecule has 1 N–H and O–H groups in total. The predicted octanol–water partition coefficient (Wildman–Crippen LogP) is 4.34. The number of aromatic nitrogens is 3. The van der Waals surface area contributed by atoms with Gasteiger partial charge in [-0.1, -0.05) is 18.9 Å². The van der Waals surface area contributed by atoms with Gasteiger partial charge >= 0.3 is 0 Å². The normalized spacial score (nSPS) is 29.8. The number of fused-ring (bicyclic) bond motifs is 1. The number of nitrogens with one attached hydrogen (secondary N) is 1. The van der Waals surface area contributed by atoms with Crippen LogP contribution in [0.15, 0.2) is 36.7 Å². The van der Waals surface area contributed by atoms with E-state index in [0.717, 1.165) is 51.9 Å². The maximum Gasteiger partial charge on any atom is 0.0757 e. The second-order valence-electron chi connectivity index (χ2n) is 9.80. The summed E-state index contributed by atoms with van der Waals surface area (Å²) in [5.41, 5.74) is 2.72. The smallest absolute Gasteiger partial charge is 0.0757 e. The van der Waals surface area contributed by atoms with Gasteiger partial charge in [0.1, 0.15) is 0 Å². The van der Waals surface area contributed by atoms with Crippen molar-refractivity contribution in [2.45, 2.75) is 80.9 Å². The minimum atomic E-state index is 0.0760. The minimum Gasteiger partial charge on any atom is -0.382 e. The average molecular weight is 425 g/mol. The largest absolute Gasteiger partial charge is 0.382 e. The second kappa shape index (κ2) is 9.00. The fraction of sp³-hybridized carbons (Fsp3) is 0.680. The summed E-state index contributed by atoms with van der Waals surface area (Å²) < 4.78 is 14.0. The van der Waals surface area contributed by atoms with Crippen LogP contribution in [-0.4, -0.2) is 47.2 Å². The molecule has 1 spiro atoms. The fourth-order valence-corrected chi connectivity index (χ4v) is 6.37. The summed E-state index contributed by atoms with van der Waals surface area (Å²) in [5.74, 6) is 0. The third-order valence-corrected chi connectivity index (χ3v) is 7.92. The number of nitrogens with zero attached hydrogens (tertiary/aromatic N) is 3. The van der Waals surface area contributed by atoms with E-state index < -0.39 is 0 Å². The molecule has 0 radical (unpaired) electrons. The Morgan fingerprint density at radius 3 is 2.87 bits per heavy atom. The van der Waals surface area contributed by atoms with Crippen molar-refractivity contribution >= 4 is 0 Å². The van der Waals surface area contributed by atoms with Gasteiger partial charge in [0.05, 0.1) is 23.9 Å². The van der Waals surface area contributed by atoms with Crippen molar-refractivity contribution in [2.24, 2.45) is 0 Å². The van der Waals surface area contributed by atoms with Crippen LogP contribution < -0.4 is 5.32 Å². The summed E-state index contributed by atoms with van der Waals surface area (Å²) in [4.78, 5) is 4.84. The van der Waals surface area contributed by atoms with Crippen LogP contribution in [0.3, 0.4) is 0 Å². The van der Waals surface area contributed by atoms with Gasteiger partial charge in [-0.15, -0.1) is 0 Å². The molecule has 6 heteroatoms. The summed E-state index contributed by atoms with van der Waals surface area (Å²) in [6.07, 6.45) is 14.4. The summed E-state index contributed by atoms with van der Waals surface area (Å²) in [6, 6.07) is 9.28. The van der Waals surface area contributed by atoms with Gasteiger partial charge in [-0.25, -0.2) is 0 Å². The molecule has 5 rings (SSSR count). The summed E-state index contributed by atoms with van der Waals surface area (Å²) in [7, 11) is 1.77. The Morgan fingerprint density at radius 2 is 2.06 bits per heavy atom. The molecule has 0 bridgehead atoms. The molecule has 0 aromatic carbocycles. The van der Waals surface area contributed by atoms with Crippen LogP contribution in [0.2, 0.25) is 0 Å². The first-order valence-electron chi connectivity index (χ1n) is 12.0. The lowest BCUT2D eigenvalue weighted by Gasteiger charge is -2.46. The molecule has 168 valence electrons. The Labute approximate surface area is 185 Å². The van der Waals surface area contributed by atoms with Crippen LogP contribution in [0.25, 0.3) is 0 Å². The van der Waals surface area contributed by atoms with Crippen molar-refractivity contribution in [1.82, 2.24) is 20.1 Å². The first kappa shape index (κ1) is 21.1. The molecule has 0 amide bonds. The molecule has 3 atom stereocenters. The van der Waals surface area contributed by atoms with E-state index in [1.807, 2.05) is 18.5 Å². The van der Waals surface area contributed by atoms with Crippen molar-refractivity contribution in [3.05, 3.63) is 48.0 Å². The van der Waals surface area contributed by atoms with Gasteiger partial charge in [-0.2, -0.15) is 5.10 Å². The van der Waals surface area contributed by atoms with E-state index >= 15 is 0 Å². The van der Waals surface area contributed by atoms with Crippen LogP contribution >= 0.6 is 0 Å². The van der Waals surface area contributed by atoms with Crippen LogP contribution in [0.1, 0.15) is 81.3 Å². The quantitative estimate of drug-likeness (QED) is 0.716. The summed E-state index contributed by atoms with van der Waals surface area (Å²) >= 11 is 0. The number of pyridine rings is 1. The SMILES string of the molecule is COCC1CCC(NCC[C@@]2(c3ccccn3)CCOC3(CCCC3)C2)c2ccnn21. The molecule has 1 saturated carbocycles. The molecule has 2 fully saturated rings. The third kappa shape index (κ3) is 4.18. The maximum absolute atomic E-state index is 6.40. The second-order valence-corrected chi connectivity index (χ2v) is 9.80. The van der Waals surface area contributed by atoms with Gasteiger partial charge < -0.3 is 14.8 Å². The standard InChI is InChI=1S/C25H36N4O2/c1-30-18-20-7-8-21(22-9-15-28-29(20)22)26-16-12-24(23-6-2-5-14-27-23)13-17-31-25(19-24)10-3-4-11-25/h2,5-6,9,14-15,20-21,26H,3-4,7-8,10-13,16-19H2,1H3/t20?,21?,24-/m1/s1. The van der Waals surface area contributed by atoms with Gasteiger partial charge in [0.2, 0.25) is 0 Å². The van der Waals surface area contributed by atoms with E-state index in [-0.39, 0.29) is 11.0 Å². The van der Waals surface area contributed by atoms with Gasteiger partial charge in [-0.05, 0) is 69.7 Å². The fourth-order valence-electron chi connectivity index (χ4n) is 6.37. The Morgan fingerprint density at radius 1 is 1.16 bits per heavy atom. The highest BCUT2D eigenvalue weighted by molar-refractivity contribution is 5.21. The summed E-state index contributed by atoms with van der Waals surface area (Å²) in [5, 5.41) is 8.46. The highest BCUT2D eigenvalue weighted by Gasteiger charge is 2.48. The average Bonchev–Trinajstić information content (AvgIpc) is 3.46. The van der Waals surface area contributed by atoms with Crippen molar-refractivity contribution in [1.29, 1.82) is 0 Å². The maximum atomic E-state index is 6.40. The zero-order valence-corrected chi connectivity index (χ0v) is 18.8. The molecule has 31 heavy (non-hydrogen) atoms. The molecule has 4 heterocycles.